The number of nitrogens with two attached hydrogens (primary N) is 1. The summed E-state index contributed by atoms with van der Waals surface area (Å²) in [6.45, 7) is 4.08. The number of hydrogen-bond acceptors (Lipinski definition) is 4. The Morgan fingerprint density at radius 2 is 2.31 bits per heavy atom. The Morgan fingerprint density at radius 1 is 1.56 bits per heavy atom. The lowest BCUT2D eigenvalue weighted by Crippen LogP contribution is -2.38. The second-order valence-electron chi connectivity index (χ2n) is 3.97. The highest BCUT2D eigenvalue weighted by atomic mass is 32.2. The number of carbonyl (C=O) groups excluding carboxylic acids is 1. The van der Waals surface area contributed by atoms with Crippen molar-refractivity contribution < 1.29 is 4.79 Å². The van der Waals surface area contributed by atoms with Gasteiger partial charge in [-0.05, 0) is 24.5 Å². The summed E-state index contributed by atoms with van der Waals surface area (Å²) < 4.78 is 2.69. The van der Waals surface area contributed by atoms with Gasteiger partial charge in [-0.3, -0.25) is 9.52 Å². The molecular formula is C11H17N3OS. The van der Waals surface area contributed by atoms with Crippen LogP contribution in [0, 0.1) is 5.92 Å². The minimum absolute atomic E-state index is 0.149. The molecule has 0 aliphatic heterocycles. The zero-order valence-corrected chi connectivity index (χ0v) is 10.3. The Kier molecular flexibility index (Phi) is 5.28. The van der Waals surface area contributed by atoms with E-state index in [2.05, 4.69) is 9.71 Å². The van der Waals surface area contributed by atoms with Gasteiger partial charge >= 0.3 is 0 Å². The summed E-state index contributed by atoms with van der Waals surface area (Å²) >= 11 is 1.19. The first-order valence-corrected chi connectivity index (χ1v) is 6.04. The predicted molar refractivity (Wildman–Crippen MR) is 65.7 cm³/mol. The van der Waals surface area contributed by atoms with Crippen LogP contribution in [0.3, 0.4) is 0 Å². The van der Waals surface area contributed by atoms with Crippen molar-refractivity contribution in [2.75, 3.05) is 0 Å². The summed E-state index contributed by atoms with van der Waals surface area (Å²) in [6.07, 6.45) is 2.37. The Morgan fingerprint density at radius 3 is 2.88 bits per heavy atom. The van der Waals surface area contributed by atoms with Crippen LogP contribution >= 0.6 is 11.9 Å². The average Bonchev–Trinajstić information content (AvgIpc) is 2.26. The largest absolute Gasteiger partial charge is 0.320 e. The number of amides is 1. The smallest absolute Gasteiger partial charge is 0.247 e. The number of carbonyl (C=O) groups is 1. The summed E-state index contributed by atoms with van der Waals surface area (Å²) in [7, 11) is 0. The fourth-order valence-electron chi connectivity index (χ4n) is 1.20. The molecule has 0 aliphatic rings. The minimum atomic E-state index is -0.448. The molecular weight excluding hydrogens is 222 g/mol. The quantitative estimate of drug-likeness (QED) is 0.765. The predicted octanol–water partition coefficient (Wildman–Crippen LogP) is 1.58. The third-order valence-electron chi connectivity index (χ3n) is 1.96. The number of aromatic nitrogens is 1. The zero-order valence-electron chi connectivity index (χ0n) is 9.51. The van der Waals surface area contributed by atoms with E-state index in [9.17, 15) is 4.79 Å². The van der Waals surface area contributed by atoms with E-state index >= 15 is 0 Å². The minimum Gasteiger partial charge on any atom is -0.320 e. The number of pyridine rings is 1. The Hall–Kier alpha value is -1.07. The molecule has 1 aromatic heterocycles. The lowest BCUT2D eigenvalue weighted by molar-refractivity contribution is -0.120. The second kappa shape index (κ2) is 6.50. The SMILES string of the molecule is CC(C)CC(N)C(=O)NSc1ccccn1. The van der Waals surface area contributed by atoms with Crippen LogP contribution in [0.4, 0.5) is 0 Å². The Bertz CT molecular complexity index is 329. The summed E-state index contributed by atoms with van der Waals surface area (Å²) in [4.78, 5) is 15.6. The third kappa shape index (κ3) is 4.63. The molecule has 0 aromatic carbocycles. The van der Waals surface area contributed by atoms with Crippen molar-refractivity contribution in [2.45, 2.75) is 31.3 Å². The fraction of sp³-hybridized carbons (Fsp3) is 0.455. The van der Waals surface area contributed by atoms with Crippen LogP contribution in [-0.4, -0.2) is 16.9 Å². The van der Waals surface area contributed by atoms with Crippen LogP contribution < -0.4 is 10.5 Å². The fourth-order valence-corrected chi connectivity index (χ4v) is 1.82. The van der Waals surface area contributed by atoms with Crippen molar-refractivity contribution in [3.05, 3.63) is 24.4 Å². The summed E-state index contributed by atoms with van der Waals surface area (Å²) in [5, 5.41) is 0.757. The second-order valence-corrected chi connectivity index (χ2v) is 4.80. The molecule has 1 heterocycles. The van der Waals surface area contributed by atoms with Gasteiger partial charge in [-0.25, -0.2) is 4.98 Å². The van der Waals surface area contributed by atoms with Crippen LogP contribution in [0.5, 0.6) is 0 Å². The lowest BCUT2D eigenvalue weighted by atomic mass is 10.0. The van der Waals surface area contributed by atoms with Crippen LogP contribution in [0.1, 0.15) is 20.3 Å². The molecule has 3 N–H and O–H groups in total. The van der Waals surface area contributed by atoms with Crippen molar-refractivity contribution in [1.29, 1.82) is 0 Å². The van der Waals surface area contributed by atoms with Gasteiger partial charge in [0.1, 0.15) is 5.03 Å². The van der Waals surface area contributed by atoms with Crippen molar-refractivity contribution in [3.63, 3.8) is 0 Å². The third-order valence-corrected chi connectivity index (χ3v) is 2.71. The number of nitrogens with zero attached hydrogens (tertiary/aromatic N) is 1. The monoisotopic (exact) mass is 239 g/mol. The van der Waals surface area contributed by atoms with E-state index < -0.39 is 6.04 Å². The van der Waals surface area contributed by atoms with Crippen molar-refractivity contribution >= 4 is 17.9 Å². The van der Waals surface area contributed by atoms with Gasteiger partial charge in [-0.1, -0.05) is 19.9 Å². The van der Waals surface area contributed by atoms with E-state index in [-0.39, 0.29) is 5.91 Å². The molecule has 1 amide bonds. The normalized spacial score (nSPS) is 12.5. The van der Waals surface area contributed by atoms with E-state index in [1.165, 1.54) is 11.9 Å². The molecule has 16 heavy (non-hydrogen) atoms. The molecule has 0 fully saturated rings. The molecule has 1 rings (SSSR count). The van der Waals surface area contributed by atoms with Gasteiger partial charge in [0.2, 0.25) is 5.91 Å². The Labute approximate surface area is 100 Å². The van der Waals surface area contributed by atoms with Crippen molar-refractivity contribution in [2.24, 2.45) is 11.7 Å². The van der Waals surface area contributed by atoms with Gasteiger partial charge in [0.25, 0.3) is 0 Å². The molecule has 0 saturated carbocycles. The highest BCUT2D eigenvalue weighted by Gasteiger charge is 2.14. The molecule has 5 heteroatoms. The molecule has 1 atom stereocenters. The van der Waals surface area contributed by atoms with Crippen LogP contribution in [0.2, 0.25) is 0 Å². The van der Waals surface area contributed by atoms with Gasteiger partial charge in [0, 0.05) is 18.1 Å². The van der Waals surface area contributed by atoms with Gasteiger partial charge in [-0.15, -0.1) is 0 Å². The van der Waals surface area contributed by atoms with Crippen LogP contribution in [-0.2, 0) is 4.79 Å². The number of hydrogen-bond donors (Lipinski definition) is 2. The van der Waals surface area contributed by atoms with Crippen LogP contribution in [0.25, 0.3) is 0 Å². The molecule has 0 bridgehead atoms. The van der Waals surface area contributed by atoms with Crippen LogP contribution in [0.15, 0.2) is 29.4 Å². The first kappa shape index (κ1) is 13.0. The Balaban J connectivity index is 2.35. The molecule has 1 aromatic rings. The maximum Gasteiger partial charge on any atom is 0.247 e. The van der Waals surface area contributed by atoms with E-state index in [1.54, 1.807) is 6.20 Å². The van der Waals surface area contributed by atoms with E-state index in [4.69, 9.17) is 5.73 Å². The molecule has 0 aliphatic carbocycles. The van der Waals surface area contributed by atoms with E-state index in [0.29, 0.717) is 12.3 Å². The average molecular weight is 239 g/mol. The topological polar surface area (TPSA) is 68.0 Å². The van der Waals surface area contributed by atoms with Gasteiger partial charge in [-0.2, -0.15) is 0 Å². The molecule has 88 valence electrons. The standard InChI is InChI=1S/C11H17N3OS/c1-8(2)7-9(12)11(15)14-16-10-5-3-4-6-13-10/h3-6,8-9H,7,12H2,1-2H3,(H,14,15). The molecule has 0 radical (unpaired) electrons. The summed E-state index contributed by atoms with van der Waals surface area (Å²) in [5.41, 5.74) is 5.74. The summed E-state index contributed by atoms with van der Waals surface area (Å²) in [5.74, 6) is 0.268. The lowest BCUT2D eigenvalue weighted by Gasteiger charge is -2.13. The first-order valence-electron chi connectivity index (χ1n) is 5.23. The molecule has 1 unspecified atom stereocenters. The maximum absolute atomic E-state index is 11.6. The molecule has 4 nitrogen and oxygen atoms in total. The maximum atomic E-state index is 11.6. The van der Waals surface area contributed by atoms with Crippen molar-refractivity contribution in [1.82, 2.24) is 9.71 Å². The highest BCUT2D eigenvalue weighted by molar-refractivity contribution is 7.97. The van der Waals surface area contributed by atoms with Gasteiger partial charge < -0.3 is 5.73 Å². The number of nitrogens with one attached hydrogen (secondary N) is 1. The number of rotatable bonds is 5. The van der Waals surface area contributed by atoms with Gasteiger partial charge in [0.15, 0.2) is 0 Å². The molecule has 0 saturated heterocycles. The molecule has 0 spiro atoms. The highest BCUT2D eigenvalue weighted by Crippen LogP contribution is 2.10. The summed E-state index contributed by atoms with van der Waals surface area (Å²) in [6, 6.07) is 5.08. The first-order chi connectivity index (χ1) is 7.59. The van der Waals surface area contributed by atoms with Gasteiger partial charge in [0.05, 0.1) is 6.04 Å². The van der Waals surface area contributed by atoms with E-state index in [0.717, 1.165) is 5.03 Å². The zero-order chi connectivity index (χ0) is 12.0. The van der Waals surface area contributed by atoms with E-state index in [1.807, 2.05) is 32.0 Å². The van der Waals surface area contributed by atoms with Crippen molar-refractivity contribution in [3.8, 4) is 0 Å².